The molecule has 0 saturated carbocycles. The van der Waals surface area contributed by atoms with Gasteiger partial charge in [-0.3, -0.25) is 4.79 Å². The van der Waals surface area contributed by atoms with Crippen LogP contribution >= 0.6 is 0 Å². The minimum Gasteiger partial charge on any atom is -0.493 e. The normalized spacial score (nSPS) is 10.5. The van der Waals surface area contributed by atoms with Crippen molar-refractivity contribution in [2.45, 2.75) is 6.18 Å². The van der Waals surface area contributed by atoms with E-state index in [4.69, 9.17) is 14.2 Å². The lowest BCUT2D eigenvalue weighted by molar-refractivity contribution is -0.137. The Morgan fingerprint density at radius 2 is 1.79 bits per heavy atom. The maximum Gasteiger partial charge on any atom is 0.416 e. The maximum atomic E-state index is 12.6. The predicted octanol–water partition coefficient (Wildman–Crippen LogP) is 3.53. The molecule has 8 heteroatoms. The zero-order chi connectivity index (χ0) is 20.6. The van der Waals surface area contributed by atoms with Gasteiger partial charge in [-0.1, -0.05) is 17.9 Å². The molecule has 0 aliphatic rings. The molecule has 0 spiro atoms. The lowest BCUT2D eigenvalue weighted by atomic mass is 10.2. The summed E-state index contributed by atoms with van der Waals surface area (Å²) in [6, 6.07) is 9.27. The second kappa shape index (κ2) is 9.55. The number of hydrogen-bond acceptors (Lipinski definition) is 4. The monoisotopic (exact) mass is 393 g/mol. The van der Waals surface area contributed by atoms with Crippen molar-refractivity contribution in [2.24, 2.45) is 0 Å². The number of hydrogen-bond donors (Lipinski definition) is 1. The van der Waals surface area contributed by atoms with Crippen molar-refractivity contribution in [3.8, 4) is 29.1 Å². The van der Waals surface area contributed by atoms with E-state index in [-0.39, 0.29) is 24.8 Å². The number of carbonyl (C=O) groups excluding carboxylic acids is 1. The first-order chi connectivity index (χ1) is 13.3. The molecule has 0 fully saturated rings. The molecule has 0 atom stereocenters. The smallest absolute Gasteiger partial charge is 0.416 e. The summed E-state index contributed by atoms with van der Waals surface area (Å²) in [6.45, 7) is -0.0489. The van der Waals surface area contributed by atoms with Crippen molar-refractivity contribution >= 4 is 5.91 Å². The van der Waals surface area contributed by atoms with E-state index in [0.29, 0.717) is 17.1 Å². The van der Waals surface area contributed by atoms with Crippen LogP contribution in [0, 0.1) is 11.8 Å². The van der Waals surface area contributed by atoms with Crippen molar-refractivity contribution in [1.29, 1.82) is 0 Å². The van der Waals surface area contributed by atoms with Gasteiger partial charge in [0.05, 0.1) is 26.3 Å². The number of amides is 1. The molecule has 0 aliphatic carbocycles. The van der Waals surface area contributed by atoms with Gasteiger partial charge >= 0.3 is 6.18 Å². The van der Waals surface area contributed by atoms with E-state index in [1.54, 1.807) is 18.2 Å². The largest absolute Gasteiger partial charge is 0.493 e. The molecule has 2 aromatic rings. The number of alkyl halides is 3. The number of ether oxygens (including phenoxy) is 3. The molecule has 1 N–H and O–H groups in total. The molecule has 0 aliphatic heterocycles. The summed E-state index contributed by atoms with van der Waals surface area (Å²) in [5, 5.41) is 2.60. The molecule has 0 aromatic heterocycles. The Labute approximate surface area is 160 Å². The standard InChI is InChI=1S/C20H18F3NO4/c1-26-17-9-8-14(12-18(17)27-2)19(25)24-10-3-4-11-28-16-7-5-6-15(13-16)20(21,22)23/h5-9,12-13H,10-11H2,1-2H3,(H,24,25). The quantitative estimate of drug-likeness (QED) is 0.763. The summed E-state index contributed by atoms with van der Waals surface area (Å²) in [7, 11) is 2.96. The van der Waals surface area contributed by atoms with Crippen LogP contribution in [0.5, 0.6) is 17.2 Å². The summed E-state index contributed by atoms with van der Waals surface area (Å²) >= 11 is 0. The highest BCUT2D eigenvalue weighted by atomic mass is 19.4. The van der Waals surface area contributed by atoms with E-state index in [9.17, 15) is 18.0 Å². The van der Waals surface area contributed by atoms with Crippen molar-refractivity contribution in [3.63, 3.8) is 0 Å². The lowest BCUT2D eigenvalue weighted by Gasteiger charge is -2.09. The molecule has 5 nitrogen and oxygen atoms in total. The van der Waals surface area contributed by atoms with Gasteiger partial charge < -0.3 is 19.5 Å². The van der Waals surface area contributed by atoms with Crippen LogP contribution in [0.3, 0.4) is 0 Å². The molecule has 2 rings (SSSR count). The van der Waals surface area contributed by atoms with Crippen LogP contribution in [0.25, 0.3) is 0 Å². The van der Waals surface area contributed by atoms with Crippen LogP contribution < -0.4 is 19.5 Å². The van der Waals surface area contributed by atoms with E-state index in [0.717, 1.165) is 12.1 Å². The molecule has 0 saturated heterocycles. The van der Waals surface area contributed by atoms with Gasteiger partial charge in [-0.2, -0.15) is 13.2 Å². The fraction of sp³-hybridized carbons (Fsp3) is 0.250. The van der Waals surface area contributed by atoms with Crippen LogP contribution in [0.1, 0.15) is 15.9 Å². The lowest BCUT2D eigenvalue weighted by Crippen LogP contribution is -2.23. The van der Waals surface area contributed by atoms with Crippen LogP contribution in [-0.2, 0) is 6.18 Å². The number of carbonyl (C=O) groups is 1. The maximum absolute atomic E-state index is 12.6. The second-order valence-electron chi connectivity index (χ2n) is 5.42. The average Bonchev–Trinajstić information content (AvgIpc) is 2.69. The SMILES string of the molecule is COc1ccc(C(=O)NCC#CCOc2cccc(C(F)(F)F)c2)cc1OC. The van der Waals surface area contributed by atoms with Crippen molar-refractivity contribution in [3.05, 3.63) is 53.6 Å². The van der Waals surface area contributed by atoms with Gasteiger partial charge in [0.1, 0.15) is 12.4 Å². The summed E-state index contributed by atoms with van der Waals surface area (Å²) in [5.41, 5.74) is -0.417. The van der Waals surface area contributed by atoms with E-state index in [1.807, 2.05) is 0 Å². The summed E-state index contributed by atoms with van der Waals surface area (Å²) in [4.78, 5) is 12.1. The van der Waals surface area contributed by atoms with Crippen molar-refractivity contribution < 1.29 is 32.2 Å². The Kier molecular flexibility index (Phi) is 7.15. The van der Waals surface area contributed by atoms with Crippen molar-refractivity contribution in [2.75, 3.05) is 27.4 Å². The first-order valence-corrected chi connectivity index (χ1v) is 8.11. The van der Waals surface area contributed by atoms with Gasteiger partial charge in [-0.05, 0) is 36.4 Å². The van der Waals surface area contributed by atoms with Crippen LogP contribution in [0.15, 0.2) is 42.5 Å². The van der Waals surface area contributed by atoms with Crippen LogP contribution in [0.4, 0.5) is 13.2 Å². The Bertz CT molecular complexity index is 885. The number of nitrogens with one attached hydrogen (secondary N) is 1. The molecule has 0 bridgehead atoms. The van der Waals surface area contributed by atoms with Gasteiger partial charge in [0.15, 0.2) is 11.5 Å². The van der Waals surface area contributed by atoms with E-state index < -0.39 is 11.7 Å². The summed E-state index contributed by atoms with van der Waals surface area (Å²) in [5.74, 6) is 5.94. The topological polar surface area (TPSA) is 56.8 Å². The van der Waals surface area contributed by atoms with Crippen molar-refractivity contribution in [1.82, 2.24) is 5.32 Å². The molecule has 0 unspecified atom stereocenters. The Hall–Kier alpha value is -3.34. The van der Waals surface area contributed by atoms with E-state index >= 15 is 0 Å². The number of halogens is 3. The predicted molar refractivity (Wildman–Crippen MR) is 96.6 cm³/mol. The zero-order valence-corrected chi connectivity index (χ0v) is 15.2. The Balaban J connectivity index is 1.83. The Morgan fingerprint density at radius 3 is 2.46 bits per heavy atom. The first-order valence-electron chi connectivity index (χ1n) is 8.11. The minimum absolute atomic E-state index is 0.0547. The molecule has 1 amide bonds. The third kappa shape index (κ3) is 5.84. The van der Waals surface area contributed by atoms with Gasteiger partial charge in [-0.25, -0.2) is 0 Å². The second-order valence-corrected chi connectivity index (χ2v) is 5.42. The van der Waals surface area contributed by atoms with Gasteiger partial charge in [0.2, 0.25) is 0 Å². The first kappa shape index (κ1) is 21.0. The van der Waals surface area contributed by atoms with E-state index in [2.05, 4.69) is 17.2 Å². The number of rotatable bonds is 6. The number of benzene rings is 2. The zero-order valence-electron chi connectivity index (χ0n) is 15.2. The molecular formula is C20H18F3NO4. The molecular weight excluding hydrogens is 375 g/mol. The van der Waals surface area contributed by atoms with Gasteiger partial charge in [-0.15, -0.1) is 0 Å². The van der Waals surface area contributed by atoms with Crippen LogP contribution in [-0.4, -0.2) is 33.3 Å². The van der Waals surface area contributed by atoms with Gasteiger partial charge in [0.25, 0.3) is 5.91 Å². The molecule has 148 valence electrons. The summed E-state index contributed by atoms with van der Waals surface area (Å²) < 4.78 is 53.3. The highest BCUT2D eigenvalue weighted by Gasteiger charge is 2.30. The fourth-order valence-electron chi connectivity index (χ4n) is 2.20. The van der Waals surface area contributed by atoms with Gasteiger partial charge in [0, 0.05) is 5.56 Å². The Morgan fingerprint density at radius 1 is 1.04 bits per heavy atom. The van der Waals surface area contributed by atoms with Crippen LogP contribution in [0.2, 0.25) is 0 Å². The third-order valence-corrected chi connectivity index (χ3v) is 3.58. The summed E-state index contributed by atoms with van der Waals surface area (Å²) in [6.07, 6.45) is -4.43. The molecule has 2 aromatic carbocycles. The van der Waals surface area contributed by atoms with E-state index in [1.165, 1.54) is 26.4 Å². The third-order valence-electron chi connectivity index (χ3n) is 3.58. The molecule has 0 radical (unpaired) electrons. The minimum atomic E-state index is -4.43. The average molecular weight is 393 g/mol. The molecule has 0 heterocycles. The fourth-order valence-corrected chi connectivity index (χ4v) is 2.20. The number of methoxy groups -OCH3 is 2. The molecule has 28 heavy (non-hydrogen) atoms. The highest BCUT2D eigenvalue weighted by molar-refractivity contribution is 5.95. The highest BCUT2D eigenvalue weighted by Crippen LogP contribution is 2.31.